The van der Waals surface area contributed by atoms with Gasteiger partial charge in [0.05, 0.1) is 0 Å². The summed E-state index contributed by atoms with van der Waals surface area (Å²) in [6, 6.07) is 0. The van der Waals surface area contributed by atoms with E-state index in [0.717, 1.165) is 6.29 Å². The fourth-order valence-corrected chi connectivity index (χ4v) is 1.70. The molecule has 0 saturated heterocycles. The van der Waals surface area contributed by atoms with E-state index in [1.807, 2.05) is 0 Å². The lowest BCUT2D eigenvalue weighted by atomic mass is 9.84. The Balaban J connectivity index is 4.53. The van der Waals surface area contributed by atoms with E-state index in [-0.39, 0.29) is 17.7 Å². The minimum Gasteiger partial charge on any atom is -0.460 e. The van der Waals surface area contributed by atoms with Crippen LogP contribution in [0.25, 0.3) is 0 Å². The van der Waals surface area contributed by atoms with Crippen molar-refractivity contribution >= 4 is 18.0 Å². The van der Waals surface area contributed by atoms with Crippen molar-refractivity contribution in [2.45, 2.75) is 52.6 Å². The lowest BCUT2D eigenvalue weighted by Gasteiger charge is -2.32. The molecular weight excluding hydrogens is 208 g/mol. The average Bonchev–Trinajstić information content (AvgIpc) is 2.09. The molecular formula is C12H20O4. The molecule has 0 bridgehead atoms. The minimum absolute atomic E-state index is 0.0783. The van der Waals surface area contributed by atoms with Gasteiger partial charge >= 0.3 is 5.97 Å². The SMILES string of the molecule is CC(=O)CC[C@H](CC=O)C(C)(C)OC(C)=O. The van der Waals surface area contributed by atoms with Crippen molar-refractivity contribution in [1.29, 1.82) is 0 Å². The van der Waals surface area contributed by atoms with E-state index in [0.29, 0.717) is 19.3 Å². The van der Waals surface area contributed by atoms with Gasteiger partial charge in [0.15, 0.2) is 0 Å². The molecule has 16 heavy (non-hydrogen) atoms. The zero-order valence-electron chi connectivity index (χ0n) is 10.4. The Hall–Kier alpha value is -1.19. The zero-order chi connectivity index (χ0) is 12.8. The predicted octanol–water partition coefficient (Wildman–Crippen LogP) is 1.90. The van der Waals surface area contributed by atoms with Crippen molar-refractivity contribution in [3.8, 4) is 0 Å². The number of carbonyl (C=O) groups is 3. The van der Waals surface area contributed by atoms with Gasteiger partial charge in [-0.2, -0.15) is 0 Å². The van der Waals surface area contributed by atoms with Gasteiger partial charge < -0.3 is 14.3 Å². The number of ketones is 1. The van der Waals surface area contributed by atoms with Crippen LogP contribution in [0.4, 0.5) is 0 Å². The Morgan fingerprint density at radius 2 is 1.88 bits per heavy atom. The maximum atomic E-state index is 10.9. The molecule has 1 atom stereocenters. The molecule has 0 saturated carbocycles. The largest absolute Gasteiger partial charge is 0.460 e. The molecule has 0 N–H and O–H groups in total. The molecule has 0 aliphatic rings. The van der Waals surface area contributed by atoms with Crippen molar-refractivity contribution in [3.05, 3.63) is 0 Å². The lowest BCUT2D eigenvalue weighted by Crippen LogP contribution is -2.36. The number of hydrogen-bond donors (Lipinski definition) is 0. The van der Waals surface area contributed by atoms with Crippen LogP contribution in [-0.4, -0.2) is 23.6 Å². The molecule has 0 aliphatic carbocycles. The Bertz CT molecular complexity index is 268. The molecule has 92 valence electrons. The Morgan fingerprint density at radius 3 is 2.25 bits per heavy atom. The first kappa shape index (κ1) is 14.8. The molecule has 0 radical (unpaired) electrons. The summed E-state index contributed by atoms with van der Waals surface area (Å²) in [6.07, 6.45) is 2.07. The molecule has 0 heterocycles. The van der Waals surface area contributed by atoms with Gasteiger partial charge in [0.25, 0.3) is 0 Å². The second kappa shape index (κ2) is 6.40. The van der Waals surface area contributed by atoms with Crippen LogP contribution in [0.15, 0.2) is 0 Å². The van der Waals surface area contributed by atoms with Crippen LogP contribution in [-0.2, 0) is 19.1 Å². The van der Waals surface area contributed by atoms with Crippen molar-refractivity contribution in [2.75, 3.05) is 0 Å². The van der Waals surface area contributed by atoms with E-state index in [1.54, 1.807) is 13.8 Å². The zero-order valence-corrected chi connectivity index (χ0v) is 10.4. The van der Waals surface area contributed by atoms with Gasteiger partial charge in [0, 0.05) is 25.7 Å². The standard InChI is InChI=1S/C12H20O4/c1-9(14)5-6-11(7-8-13)12(3,4)16-10(2)15/h8,11H,5-7H2,1-4H3/t11-/m1/s1. The van der Waals surface area contributed by atoms with Crippen LogP contribution >= 0.6 is 0 Å². The fraction of sp³-hybridized carbons (Fsp3) is 0.750. The first-order valence-electron chi connectivity index (χ1n) is 5.42. The maximum absolute atomic E-state index is 10.9. The van der Waals surface area contributed by atoms with Gasteiger partial charge in [-0.3, -0.25) is 4.79 Å². The molecule has 0 amide bonds. The molecule has 0 rings (SSSR count). The summed E-state index contributed by atoms with van der Waals surface area (Å²) in [4.78, 5) is 32.4. The van der Waals surface area contributed by atoms with Crippen LogP contribution in [0, 0.1) is 5.92 Å². The number of aldehydes is 1. The molecule has 0 aliphatic heterocycles. The summed E-state index contributed by atoms with van der Waals surface area (Å²) in [7, 11) is 0. The van der Waals surface area contributed by atoms with Gasteiger partial charge in [-0.1, -0.05) is 0 Å². The summed E-state index contributed by atoms with van der Waals surface area (Å²) in [5.41, 5.74) is -0.706. The van der Waals surface area contributed by atoms with E-state index < -0.39 is 5.60 Å². The smallest absolute Gasteiger partial charge is 0.303 e. The third-order valence-electron chi connectivity index (χ3n) is 2.62. The summed E-state index contributed by atoms with van der Waals surface area (Å²) in [5.74, 6) is -0.406. The molecule has 4 heteroatoms. The van der Waals surface area contributed by atoms with E-state index in [4.69, 9.17) is 4.74 Å². The van der Waals surface area contributed by atoms with Gasteiger partial charge in [-0.15, -0.1) is 0 Å². The first-order chi connectivity index (χ1) is 7.29. The van der Waals surface area contributed by atoms with Crippen molar-refractivity contribution in [1.82, 2.24) is 0 Å². The molecule has 0 spiro atoms. The third-order valence-corrected chi connectivity index (χ3v) is 2.62. The van der Waals surface area contributed by atoms with Crippen LogP contribution in [0.1, 0.15) is 47.0 Å². The monoisotopic (exact) mass is 228 g/mol. The normalized spacial score (nSPS) is 13.0. The molecule has 0 unspecified atom stereocenters. The van der Waals surface area contributed by atoms with Crippen molar-refractivity contribution in [2.24, 2.45) is 5.92 Å². The van der Waals surface area contributed by atoms with E-state index >= 15 is 0 Å². The van der Waals surface area contributed by atoms with E-state index in [1.165, 1.54) is 13.8 Å². The van der Waals surface area contributed by atoms with Crippen LogP contribution in [0.5, 0.6) is 0 Å². The van der Waals surface area contributed by atoms with E-state index in [2.05, 4.69) is 0 Å². The average molecular weight is 228 g/mol. The number of esters is 1. The quantitative estimate of drug-likeness (QED) is 0.493. The summed E-state index contributed by atoms with van der Waals surface area (Å²) < 4.78 is 5.18. The van der Waals surface area contributed by atoms with Crippen LogP contribution < -0.4 is 0 Å². The van der Waals surface area contributed by atoms with Crippen molar-refractivity contribution < 1.29 is 19.1 Å². The molecule has 0 aromatic rings. The first-order valence-corrected chi connectivity index (χ1v) is 5.42. The van der Waals surface area contributed by atoms with Crippen LogP contribution in [0.3, 0.4) is 0 Å². The molecule has 4 nitrogen and oxygen atoms in total. The van der Waals surface area contributed by atoms with Gasteiger partial charge in [0.2, 0.25) is 0 Å². The highest BCUT2D eigenvalue weighted by Crippen LogP contribution is 2.28. The second-order valence-electron chi connectivity index (χ2n) is 4.54. The highest BCUT2D eigenvalue weighted by Gasteiger charge is 2.32. The van der Waals surface area contributed by atoms with Crippen molar-refractivity contribution in [3.63, 3.8) is 0 Å². The minimum atomic E-state index is -0.706. The van der Waals surface area contributed by atoms with Gasteiger partial charge in [-0.25, -0.2) is 0 Å². The van der Waals surface area contributed by atoms with Gasteiger partial charge in [0.1, 0.15) is 17.7 Å². The molecule has 0 aromatic heterocycles. The Morgan fingerprint density at radius 1 is 1.31 bits per heavy atom. The number of Topliss-reactive ketones (excluding diaryl/α,β-unsaturated/α-hetero) is 1. The highest BCUT2D eigenvalue weighted by molar-refractivity contribution is 5.75. The summed E-state index contributed by atoms with van der Waals surface area (Å²) in [6.45, 7) is 6.38. The predicted molar refractivity (Wildman–Crippen MR) is 59.9 cm³/mol. The third kappa shape index (κ3) is 5.63. The Labute approximate surface area is 96.4 Å². The van der Waals surface area contributed by atoms with Gasteiger partial charge in [-0.05, 0) is 27.2 Å². The summed E-state index contributed by atoms with van der Waals surface area (Å²) >= 11 is 0. The van der Waals surface area contributed by atoms with E-state index in [9.17, 15) is 14.4 Å². The number of carbonyl (C=O) groups excluding carboxylic acids is 3. The summed E-state index contributed by atoms with van der Waals surface area (Å²) in [5, 5.41) is 0. The molecule has 0 fully saturated rings. The Kier molecular flexibility index (Phi) is 5.93. The fourth-order valence-electron chi connectivity index (χ4n) is 1.70. The number of ether oxygens (including phenoxy) is 1. The van der Waals surface area contributed by atoms with Crippen LogP contribution in [0.2, 0.25) is 0 Å². The highest BCUT2D eigenvalue weighted by atomic mass is 16.6. The lowest BCUT2D eigenvalue weighted by molar-refractivity contribution is -0.160. The topological polar surface area (TPSA) is 60.4 Å². The second-order valence-corrected chi connectivity index (χ2v) is 4.54. The number of hydrogen-bond acceptors (Lipinski definition) is 4. The number of rotatable bonds is 7. The maximum Gasteiger partial charge on any atom is 0.303 e. The molecule has 0 aromatic carbocycles.